The van der Waals surface area contributed by atoms with Crippen LogP contribution >= 0.6 is 0 Å². The van der Waals surface area contributed by atoms with Crippen molar-refractivity contribution in [2.75, 3.05) is 20.8 Å². The number of amides is 1. The molecule has 1 heterocycles. The van der Waals surface area contributed by atoms with Gasteiger partial charge in [0.15, 0.2) is 0 Å². The molecule has 0 aliphatic carbocycles. The van der Waals surface area contributed by atoms with Crippen molar-refractivity contribution in [3.8, 4) is 17.2 Å². The van der Waals surface area contributed by atoms with E-state index in [9.17, 15) is 13.6 Å². The first-order valence-electron chi connectivity index (χ1n) is 9.45. The quantitative estimate of drug-likeness (QED) is 0.651. The van der Waals surface area contributed by atoms with Crippen molar-refractivity contribution in [2.45, 2.75) is 32.4 Å². The second-order valence-electron chi connectivity index (χ2n) is 7.04. The number of carbonyl (C=O) groups is 1. The fourth-order valence-corrected chi connectivity index (χ4v) is 3.72. The summed E-state index contributed by atoms with van der Waals surface area (Å²) in [5, 5.41) is 0. The van der Waals surface area contributed by atoms with Gasteiger partial charge in [-0.05, 0) is 36.2 Å². The zero-order valence-electron chi connectivity index (χ0n) is 16.7. The Kier molecular flexibility index (Phi) is 6.56. The molecule has 7 heteroatoms. The van der Waals surface area contributed by atoms with Gasteiger partial charge in [0.1, 0.15) is 23.9 Å². The Hall–Kier alpha value is -2.83. The smallest absolute Gasteiger partial charge is 0.272 e. The minimum absolute atomic E-state index is 0.0565. The van der Waals surface area contributed by atoms with E-state index in [2.05, 4.69) is 0 Å². The first-order chi connectivity index (χ1) is 13.9. The van der Waals surface area contributed by atoms with Gasteiger partial charge in [-0.1, -0.05) is 25.1 Å². The van der Waals surface area contributed by atoms with Crippen LogP contribution in [-0.4, -0.2) is 38.1 Å². The molecule has 5 nitrogen and oxygen atoms in total. The first kappa shape index (κ1) is 20.9. The maximum Gasteiger partial charge on any atom is 0.272 e. The molecule has 1 aliphatic heterocycles. The van der Waals surface area contributed by atoms with Gasteiger partial charge >= 0.3 is 0 Å². The van der Waals surface area contributed by atoms with Gasteiger partial charge in [0.25, 0.3) is 6.43 Å². The van der Waals surface area contributed by atoms with Crippen LogP contribution in [-0.2, 0) is 11.3 Å². The number of halogens is 2. The Balaban J connectivity index is 1.85. The monoisotopic (exact) mass is 405 g/mol. The van der Waals surface area contributed by atoms with Crippen molar-refractivity contribution < 1.29 is 27.8 Å². The molecule has 156 valence electrons. The SMILES string of the molecule is COc1cccc(OC)c1C1CC(C)C(=O)N1Cc1ccc(OCC(F)F)cc1. The minimum Gasteiger partial charge on any atom is -0.496 e. The predicted molar refractivity (Wildman–Crippen MR) is 105 cm³/mol. The zero-order valence-corrected chi connectivity index (χ0v) is 16.7. The van der Waals surface area contributed by atoms with Crippen molar-refractivity contribution in [3.63, 3.8) is 0 Å². The number of nitrogens with zero attached hydrogens (tertiary/aromatic N) is 1. The van der Waals surface area contributed by atoms with Crippen molar-refractivity contribution in [1.29, 1.82) is 0 Å². The molecule has 0 saturated carbocycles. The third kappa shape index (κ3) is 4.60. The van der Waals surface area contributed by atoms with Crippen molar-refractivity contribution in [1.82, 2.24) is 4.90 Å². The molecule has 0 aromatic heterocycles. The average molecular weight is 405 g/mol. The second-order valence-corrected chi connectivity index (χ2v) is 7.04. The summed E-state index contributed by atoms with van der Waals surface area (Å²) in [6, 6.07) is 12.2. The Labute approximate surface area is 169 Å². The van der Waals surface area contributed by atoms with Gasteiger partial charge in [-0.25, -0.2) is 8.78 Å². The fraction of sp³-hybridized carbons (Fsp3) is 0.409. The van der Waals surface area contributed by atoms with E-state index in [1.165, 1.54) is 0 Å². The Bertz CT molecular complexity index is 819. The number of hydrogen-bond donors (Lipinski definition) is 0. The number of likely N-dealkylation sites (tertiary alicyclic amines) is 1. The number of hydrogen-bond acceptors (Lipinski definition) is 4. The molecule has 1 amide bonds. The normalized spacial score (nSPS) is 19.0. The van der Waals surface area contributed by atoms with E-state index in [4.69, 9.17) is 14.2 Å². The van der Waals surface area contributed by atoms with Gasteiger partial charge in [0, 0.05) is 12.5 Å². The number of ether oxygens (including phenoxy) is 3. The van der Waals surface area contributed by atoms with Crippen molar-refractivity contribution in [3.05, 3.63) is 53.6 Å². The summed E-state index contributed by atoms with van der Waals surface area (Å²) in [5.41, 5.74) is 1.74. The number of carbonyl (C=O) groups excluding carboxylic acids is 1. The molecular formula is C22H25F2NO4. The molecule has 0 spiro atoms. The van der Waals surface area contributed by atoms with Crippen LogP contribution in [0.5, 0.6) is 17.2 Å². The molecule has 0 N–H and O–H groups in total. The number of benzene rings is 2. The summed E-state index contributed by atoms with van der Waals surface area (Å²) >= 11 is 0. The van der Waals surface area contributed by atoms with Gasteiger partial charge in [0.2, 0.25) is 5.91 Å². The van der Waals surface area contributed by atoms with E-state index < -0.39 is 13.0 Å². The molecular weight excluding hydrogens is 380 g/mol. The highest BCUT2D eigenvalue weighted by atomic mass is 19.3. The van der Waals surface area contributed by atoms with Crippen LogP contribution in [0.15, 0.2) is 42.5 Å². The molecule has 0 bridgehead atoms. The van der Waals surface area contributed by atoms with Gasteiger partial charge in [0.05, 0.1) is 25.8 Å². The molecule has 1 fully saturated rings. The van der Waals surface area contributed by atoms with Crippen molar-refractivity contribution in [2.24, 2.45) is 5.92 Å². The molecule has 2 atom stereocenters. The van der Waals surface area contributed by atoms with Gasteiger partial charge < -0.3 is 19.1 Å². The maximum atomic E-state index is 12.9. The Morgan fingerprint density at radius 3 is 2.24 bits per heavy atom. The average Bonchev–Trinajstić information content (AvgIpc) is 3.00. The highest BCUT2D eigenvalue weighted by Crippen LogP contribution is 2.45. The topological polar surface area (TPSA) is 48.0 Å². The van der Waals surface area contributed by atoms with Crippen LogP contribution < -0.4 is 14.2 Å². The first-order valence-corrected chi connectivity index (χ1v) is 9.45. The largest absolute Gasteiger partial charge is 0.496 e. The Morgan fingerprint density at radius 2 is 1.69 bits per heavy atom. The van der Waals surface area contributed by atoms with E-state index in [1.54, 1.807) is 38.5 Å². The van der Waals surface area contributed by atoms with Gasteiger partial charge in [-0.15, -0.1) is 0 Å². The molecule has 29 heavy (non-hydrogen) atoms. The van der Waals surface area contributed by atoms with Crippen molar-refractivity contribution >= 4 is 5.91 Å². The van der Waals surface area contributed by atoms with E-state index >= 15 is 0 Å². The van der Waals surface area contributed by atoms with Crippen LogP contribution in [0, 0.1) is 5.92 Å². The minimum atomic E-state index is -2.52. The lowest BCUT2D eigenvalue weighted by atomic mass is 9.98. The van der Waals surface area contributed by atoms with E-state index in [0.717, 1.165) is 11.1 Å². The number of methoxy groups -OCH3 is 2. The third-order valence-electron chi connectivity index (χ3n) is 5.11. The highest BCUT2D eigenvalue weighted by molar-refractivity contribution is 5.82. The number of alkyl halides is 2. The summed E-state index contributed by atoms with van der Waals surface area (Å²) < 4.78 is 40.7. The summed E-state index contributed by atoms with van der Waals surface area (Å²) in [4.78, 5) is 14.7. The summed E-state index contributed by atoms with van der Waals surface area (Å²) in [7, 11) is 3.20. The van der Waals surface area contributed by atoms with Crippen LogP contribution in [0.3, 0.4) is 0 Å². The van der Waals surface area contributed by atoms with Gasteiger partial charge in [-0.3, -0.25) is 4.79 Å². The van der Waals surface area contributed by atoms with E-state index in [1.807, 2.05) is 30.0 Å². The molecule has 2 aromatic carbocycles. The van der Waals surface area contributed by atoms with Crippen LogP contribution in [0.1, 0.15) is 30.5 Å². The predicted octanol–water partition coefficient (Wildman–Crippen LogP) is 4.46. The summed E-state index contributed by atoms with van der Waals surface area (Å²) in [5.74, 6) is 1.66. The maximum absolute atomic E-state index is 12.9. The fourth-order valence-electron chi connectivity index (χ4n) is 3.72. The summed E-state index contributed by atoms with van der Waals surface area (Å²) in [6.07, 6.45) is -1.86. The number of rotatable bonds is 8. The molecule has 3 rings (SSSR count). The van der Waals surface area contributed by atoms with E-state index in [0.29, 0.717) is 30.2 Å². The zero-order chi connectivity index (χ0) is 21.0. The lowest BCUT2D eigenvalue weighted by molar-refractivity contribution is -0.132. The molecule has 2 aromatic rings. The second kappa shape index (κ2) is 9.11. The molecule has 1 aliphatic rings. The van der Waals surface area contributed by atoms with Crippen LogP contribution in [0.2, 0.25) is 0 Å². The molecule has 0 radical (unpaired) electrons. The Morgan fingerprint density at radius 1 is 1.07 bits per heavy atom. The standard InChI is InChI=1S/C22H25F2NO4/c1-14-11-17(21-18(27-2)5-4-6-19(21)28-3)25(22(14)26)12-15-7-9-16(10-8-15)29-13-20(23)24/h4-10,14,17,20H,11-13H2,1-3H3. The lowest BCUT2D eigenvalue weighted by Crippen LogP contribution is -2.29. The van der Waals surface area contributed by atoms with Gasteiger partial charge in [-0.2, -0.15) is 0 Å². The summed E-state index contributed by atoms with van der Waals surface area (Å²) in [6.45, 7) is 1.67. The molecule has 1 saturated heterocycles. The lowest BCUT2D eigenvalue weighted by Gasteiger charge is -2.28. The van der Waals surface area contributed by atoms with Crippen LogP contribution in [0.25, 0.3) is 0 Å². The molecule has 2 unspecified atom stereocenters. The van der Waals surface area contributed by atoms with Crippen LogP contribution in [0.4, 0.5) is 8.78 Å². The highest BCUT2D eigenvalue weighted by Gasteiger charge is 2.40. The third-order valence-corrected chi connectivity index (χ3v) is 5.11. The van der Waals surface area contributed by atoms with E-state index in [-0.39, 0.29) is 17.9 Å².